The van der Waals surface area contributed by atoms with Crippen molar-refractivity contribution >= 4 is 29.4 Å². The number of hydrogen-bond donors (Lipinski definition) is 3. The molecule has 11 nitrogen and oxygen atoms in total. The van der Waals surface area contributed by atoms with E-state index in [1.54, 1.807) is 30.5 Å². The van der Waals surface area contributed by atoms with Crippen molar-refractivity contribution in [2.24, 2.45) is 22.9 Å². The fourth-order valence-corrected chi connectivity index (χ4v) is 6.77. The quantitative estimate of drug-likeness (QED) is 0.296. The molecular weight excluding hydrogens is 580 g/mol. The number of nitrogens with one attached hydrogen (secondary N) is 1. The molecule has 3 unspecified atom stereocenters. The Labute approximate surface area is 263 Å². The normalized spacial score (nSPS) is 23.2. The monoisotopic (exact) mass is 626 g/mol. The topological polar surface area (TPSA) is 153 Å². The Bertz CT molecular complexity index is 1340. The number of allylic oxidation sites excluding steroid dienone is 1. The van der Waals surface area contributed by atoms with Crippen molar-refractivity contribution in [3.63, 3.8) is 0 Å². The molecule has 2 amide bonds. The fraction of sp³-hybridized carbons (Fsp3) is 0.562. The summed E-state index contributed by atoms with van der Waals surface area (Å²) in [5.74, 6) is 6.42. The number of methoxy groups -OCH3 is 1. The number of aromatic nitrogens is 1. The largest absolute Gasteiger partial charge is 0.400 e. The summed E-state index contributed by atoms with van der Waals surface area (Å²) in [5, 5.41) is 4.55. The average molecular weight is 627 g/mol. The molecular formula is C32H46N6O5S. The molecule has 12 heteroatoms. The van der Waals surface area contributed by atoms with Gasteiger partial charge in [-0.15, -0.1) is 11.3 Å². The lowest BCUT2D eigenvalue weighted by Crippen LogP contribution is -2.60. The van der Waals surface area contributed by atoms with Crippen LogP contribution in [-0.4, -0.2) is 79.1 Å². The van der Waals surface area contributed by atoms with E-state index in [0.29, 0.717) is 37.4 Å². The third kappa shape index (κ3) is 7.48. The maximum atomic E-state index is 14.2. The molecule has 44 heavy (non-hydrogen) atoms. The van der Waals surface area contributed by atoms with Gasteiger partial charge in [0.25, 0.3) is 0 Å². The molecule has 0 spiro atoms. The van der Waals surface area contributed by atoms with E-state index in [-0.39, 0.29) is 30.8 Å². The van der Waals surface area contributed by atoms with Crippen molar-refractivity contribution in [3.8, 4) is 10.4 Å². The molecule has 3 atom stereocenters. The van der Waals surface area contributed by atoms with E-state index in [4.69, 9.17) is 16.3 Å². The van der Waals surface area contributed by atoms with Crippen LogP contribution in [0, 0.1) is 18.3 Å². The maximum absolute atomic E-state index is 14.2. The number of amides is 2. The first-order valence-electron chi connectivity index (χ1n) is 15.1. The van der Waals surface area contributed by atoms with Gasteiger partial charge in [0, 0.05) is 44.2 Å². The van der Waals surface area contributed by atoms with Gasteiger partial charge in [-0.25, -0.2) is 10.8 Å². The second-order valence-electron chi connectivity index (χ2n) is 12.4. The van der Waals surface area contributed by atoms with E-state index in [1.165, 1.54) is 5.01 Å². The van der Waals surface area contributed by atoms with Crippen LogP contribution in [0.2, 0.25) is 0 Å². The predicted molar refractivity (Wildman–Crippen MR) is 170 cm³/mol. The van der Waals surface area contributed by atoms with Crippen molar-refractivity contribution in [1.29, 1.82) is 0 Å². The first-order valence-corrected chi connectivity index (χ1v) is 16.0. The summed E-state index contributed by atoms with van der Waals surface area (Å²) in [6, 6.07) is 5.93. The summed E-state index contributed by atoms with van der Waals surface area (Å²) in [4.78, 5) is 46.4. The molecule has 3 aliphatic rings. The average Bonchev–Trinajstić information content (AvgIpc) is 3.59. The summed E-state index contributed by atoms with van der Waals surface area (Å²) in [6.45, 7) is 6.92. The Hall–Kier alpha value is -3.32. The van der Waals surface area contributed by atoms with Crippen molar-refractivity contribution in [1.82, 2.24) is 20.2 Å². The Kier molecular flexibility index (Phi) is 11.2. The molecule has 1 aliphatic carbocycles. The minimum absolute atomic E-state index is 0.128. The molecule has 1 aromatic heterocycles. The number of ether oxygens (including phenoxy) is 2. The zero-order valence-corrected chi connectivity index (χ0v) is 27.2. The van der Waals surface area contributed by atoms with Gasteiger partial charge in [-0.1, -0.05) is 38.1 Å². The zero-order chi connectivity index (χ0) is 32.0. The Morgan fingerprint density at radius 2 is 1.91 bits per heavy atom. The summed E-state index contributed by atoms with van der Waals surface area (Å²) in [7, 11) is 3.25. The third-order valence-corrected chi connectivity index (χ3v) is 9.41. The van der Waals surface area contributed by atoms with Gasteiger partial charge >= 0.3 is 0 Å². The Morgan fingerprint density at radius 1 is 1.23 bits per heavy atom. The van der Waals surface area contributed by atoms with Gasteiger partial charge in [0.05, 0.1) is 41.0 Å². The molecule has 5 rings (SSSR count). The molecule has 3 fully saturated rings. The van der Waals surface area contributed by atoms with Gasteiger partial charge in [0.2, 0.25) is 11.8 Å². The number of carbonyl (C=O) groups is 3. The molecule has 3 heterocycles. The van der Waals surface area contributed by atoms with Crippen LogP contribution in [-0.2, 0) is 23.9 Å². The standard InChI is InChI=1S/C30H40N6O4S.C2H6O/c1-18-26(41-17-33-18)21-10-6-19(7-11-21)22(12-14-37)34-28(38)23-5-4-13-35(23)29(39)27-30(2,3)16-40-15-24(36(27)32)25(31)20-8-9-20;1-3-2/h6-7,10-11,14,17,20,22-23,27H,4-5,8-9,12-13,15-16,31-32H2,1-3H3,(H,34,38);1-2H3/b25-24-;. The number of nitrogens with two attached hydrogens (primary N) is 2. The second-order valence-corrected chi connectivity index (χ2v) is 13.3. The number of benzene rings is 1. The molecule has 0 bridgehead atoms. The van der Waals surface area contributed by atoms with E-state index in [0.717, 1.165) is 40.8 Å². The van der Waals surface area contributed by atoms with E-state index >= 15 is 0 Å². The van der Waals surface area contributed by atoms with E-state index < -0.39 is 23.5 Å². The summed E-state index contributed by atoms with van der Waals surface area (Å²) < 4.78 is 10.2. The number of thiazole rings is 1. The smallest absolute Gasteiger partial charge is 0.248 e. The Balaban J connectivity index is 0.00000141. The van der Waals surface area contributed by atoms with Gasteiger partial charge in [-0.2, -0.15) is 0 Å². The number of rotatable bonds is 8. The highest BCUT2D eigenvalue weighted by atomic mass is 32.1. The lowest BCUT2D eigenvalue weighted by Gasteiger charge is -2.40. The van der Waals surface area contributed by atoms with Crippen LogP contribution in [0.4, 0.5) is 0 Å². The van der Waals surface area contributed by atoms with Crippen LogP contribution >= 0.6 is 11.3 Å². The third-order valence-electron chi connectivity index (χ3n) is 8.43. The highest BCUT2D eigenvalue weighted by molar-refractivity contribution is 7.13. The van der Waals surface area contributed by atoms with Crippen molar-refractivity contribution in [2.75, 3.05) is 34.0 Å². The van der Waals surface area contributed by atoms with Gasteiger partial charge in [0.1, 0.15) is 18.4 Å². The number of hydrazine groups is 1. The minimum atomic E-state index is -0.737. The van der Waals surface area contributed by atoms with Crippen molar-refractivity contribution < 1.29 is 23.9 Å². The number of likely N-dealkylation sites (tertiary alicyclic amines) is 1. The molecule has 2 aromatic rings. The highest BCUT2D eigenvalue weighted by Gasteiger charge is 2.48. The highest BCUT2D eigenvalue weighted by Crippen LogP contribution is 2.39. The van der Waals surface area contributed by atoms with Gasteiger partial charge < -0.3 is 30.2 Å². The van der Waals surface area contributed by atoms with Gasteiger partial charge in [0.15, 0.2) is 0 Å². The van der Waals surface area contributed by atoms with E-state index in [1.807, 2.05) is 50.5 Å². The first-order chi connectivity index (χ1) is 21.0. The van der Waals surface area contributed by atoms with Crippen LogP contribution in [0.3, 0.4) is 0 Å². The molecule has 1 saturated carbocycles. The zero-order valence-electron chi connectivity index (χ0n) is 26.4. The number of nitrogens with zero attached hydrogens (tertiary/aromatic N) is 3. The van der Waals surface area contributed by atoms with Gasteiger partial charge in [-0.05, 0) is 43.7 Å². The summed E-state index contributed by atoms with van der Waals surface area (Å²) in [6.07, 6.45) is 4.19. The molecule has 240 valence electrons. The Morgan fingerprint density at radius 3 is 2.50 bits per heavy atom. The summed E-state index contributed by atoms with van der Waals surface area (Å²) in [5.41, 5.74) is 11.8. The second kappa shape index (κ2) is 14.6. The van der Waals surface area contributed by atoms with E-state index in [9.17, 15) is 14.4 Å². The molecule has 2 aliphatic heterocycles. The van der Waals surface area contributed by atoms with Crippen molar-refractivity contribution in [3.05, 3.63) is 52.4 Å². The molecule has 1 aromatic carbocycles. The number of aldehydes is 1. The predicted octanol–water partition coefficient (Wildman–Crippen LogP) is 3.30. The van der Waals surface area contributed by atoms with Crippen LogP contribution in [0.15, 0.2) is 41.2 Å². The maximum Gasteiger partial charge on any atom is 0.248 e. The number of hydrogen-bond acceptors (Lipinski definition) is 10. The van der Waals surface area contributed by atoms with E-state index in [2.05, 4.69) is 15.0 Å². The number of aryl methyl sites for hydroxylation is 1. The summed E-state index contributed by atoms with van der Waals surface area (Å²) >= 11 is 1.57. The first kappa shape index (κ1) is 33.6. The SMILES string of the molecule is COC.Cc1ncsc1-c1ccc(C(CC=O)NC(=O)C2CCCN2C(=O)C2N(N)/C(=C(\N)C3CC3)COCC2(C)C)cc1. The van der Waals surface area contributed by atoms with Gasteiger partial charge in [-0.3, -0.25) is 14.6 Å². The molecule has 5 N–H and O–H groups in total. The van der Waals surface area contributed by atoms with Crippen molar-refractivity contribution in [2.45, 2.75) is 71.0 Å². The fourth-order valence-electron chi connectivity index (χ4n) is 5.96. The van der Waals surface area contributed by atoms with Crippen LogP contribution in [0.5, 0.6) is 0 Å². The number of carbonyl (C=O) groups excluding carboxylic acids is 3. The molecule has 0 radical (unpaired) electrons. The van der Waals surface area contributed by atoms with Crippen LogP contribution in [0.1, 0.15) is 63.3 Å². The lowest BCUT2D eigenvalue weighted by atomic mass is 9.83. The van der Waals surface area contributed by atoms with Crippen LogP contribution in [0.25, 0.3) is 10.4 Å². The van der Waals surface area contributed by atoms with Crippen LogP contribution < -0.4 is 16.9 Å². The molecule has 2 saturated heterocycles. The lowest BCUT2D eigenvalue weighted by molar-refractivity contribution is -0.146. The minimum Gasteiger partial charge on any atom is -0.400 e.